The highest BCUT2D eigenvalue weighted by atomic mass is 16.6. The molecular weight excluding hydrogens is 410 g/mol. The molecule has 9 nitrogen and oxygen atoms in total. The average molecular weight is 435 g/mol. The number of H-pyrrole nitrogens is 1. The maximum Gasteiger partial charge on any atom is 0.255 e. The first-order valence-electron chi connectivity index (χ1n) is 10.6. The second-order valence-corrected chi connectivity index (χ2v) is 7.22. The number of hydrogen-bond acceptors (Lipinski definition) is 7. The number of para-hydroxylation sites is 1. The van der Waals surface area contributed by atoms with Crippen molar-refractivity contribution in [1.29, 1.82) is 0 Å². The zero-order chi connectivity index (χ0) is 22.2. The Kier molecular flexibility index (Phi) is 6.96. The van der Waals surface area contributed by atoms with E-state index < -0.39 is 6.10 Å². The van der Waals surface area contributed by atoms with E-state index in [1.54, 1.807) is 42.5 Å². The first kappa shape index (κ1) is 21.4. The van der Waals surface area contributed by atoms with Crippen molar-refractivity contribution in [3.8, 4) is 17.2 Å². The average Bonchev–Trinajstić information content (AvgIpc) is 3.37. The van der Waals surface area contributed by atoms with E-state index in [1.165, 1.54) is 12.8 Å². The molecule has 0 spiro atoms. The van der Waals surface area contributed by atoms with Crippen LogP contribution in [0.1, 0.15) is 48.5 Å². The highest BCUT2D eigenvalue weighted by Gasteiger charge is 2.28. The van der Waals surface area contributed by atoms with Crippen molar-refractivity contribution in [2.24, 2.45) is 0 Å². The molecule has 4 rings (SSSR count). The zero-order valence-electron chi connectivity index (χ0n) is 17.8. The minimum absolute atomic E-state index is 0.249. The molecular formula is C23H25N5O4. The zero-order valence-corrected chi connectivity index (χ0v) is 17.8. The predicted octanol–water partition coefficient (Wildman–Crippen LogP) is 4.09. The first-order chi connectivity index (χ1) is 15.7. The number of amides is 1. The molecule has 1 amide bonds. The van der Waals surface area contributed by atoms with Crippen molar-refractivity contribution in [3.05, 3.63) is 66.0 Å². The first-order valence-corrected chi connectivity index (χ1v) is 10.6. The summed E-state index contributed by atoms with van der Waals surface area (Å²) in [5, 5.41) is 16.7. The van der Waals surface area contributed by atoms with Crippen LogP contribution in [0.3, 0.4) is 0 Å². The van der Waals surface area contributed by atoms with Crippen LogP contribution in [0.25, 0.3) is 0 Å². The Labute approximate surface area is 185 Å². The van der Waals surface area contributed by atoms with Gasteiger partial charge in [-0.2, -0.15) is 5.21 Å². The number of fused-ring (bicyclic) bond motifs is 1. The maximum atomic E-state index is 12.8. The van der Waals surface area contributed by atoms with E-state index in [4.69, 9.17) is 14.2 Å². The number of allylic oxidation sites excluding steroid dienone is 1. The van der Waals surface area contributed by atoms with Gasteiger partial charge >= 0.3 is 0 Å². The molecule has 1 aliphatic heterocycles. The number of tetrazole rings is 1. The van der Waals surface area contributed by atoms with Crippen molar-refractivity contribution in [2.75, 3.05) is 18.5 Å². The van der Waals surface area contributed by atoms with Gasteiger partial charge in [-0.15, -0.1) is 10.2 Å². The van der Waals surface area contributed by atoms with Crippen LogP contribution in [0.15, 0.2) is 54.6 Å². The number of anilines is 1. The van der Waals surface area contributed by atoms with Crippen molar-refractivity contribution < 1.29 is 19.0 Å². The summed E-state index contributed by atoms with van der Waals surface area (Å²) in [6.07, 6.45) is 7.04. The van der Waals surface area contributed by atoms with E-state index in [-0.39, 0.29) is 12.5 Å². The number of aromatic nitrogens is 4. The fourth-order valence-electron chi connectivity index (χ4n) is 3.17. The smallest absolute Gasteiger partial charge is 0.255 e. The van der Waals surface area contributed by atoms with Crippen molar-refractivity contribution in [3.63, 3.8) is 0 Å². The molecule has 1 unspecified atom stereocenters. The molecule has 32 heavy (non-hydrogen) atoms. The van der Waals surface area contributed by atoms with Gasteiger partial charge in [0.2, 0.25) is 5.82 Å². The summed E-state index contributed by atoms with van der Waals surface area (Å²) in [6, 6.07) is 12.3. The molecule has 0 saturated heterocycles. The van der Waals surface area contributed by atoms with Gasteiger partial charge in [0.1, 0.15) is 19.0 Å². The summed E-state index contributed by atoms with van der Waals surface area (Å²) >= 11 is 0. The fraction of sp³-hybridized carbons (Fsp3) is 0.304. The molecule has 1 aliphatic rings. The van der Waals surface area contributed by atoms with Gasteiger partial charge in [0, 0.05) is 5.56 Å². The minimum atomic E-state index is -0.522. The Morgan fingerprint density at radius 2 is 2.12 bits per heavy atom. The van der Waals surface area contributed by atoms with Crippen molar-refractivity contribution >= 4 is 11.6 Å². The molecule has 0 fully saturated rings. The third-order valence-electron chi connectivity index (χ3n) is 4.88. The summed E-state index contributed by atoms with van der Waals surface area (Å²) in [4.78, 5) is 12.8. The Balaban J connectivity index is 1.38. The second-order valence-electron chi connectivity index (χ2n) is 7.22. The lowest BCUT2D eigenvalue weighted by Gasteiger charge is -2.26. The lowest BCUT2D eigenvalue weighted by Crippen LogP contribution is -2.24. The van der Waals surface area contributed by atoms with Crippen molar-refractivity contribution in [1.82, 2.24) is 20.6 Å². The molecule has 0 aliphatic carbocycles. The normalized spacial score (nSPS) is 15.0. The lowest BCUT2D eigenvalue weighted by atomic mass is 10.2. The number of benzene rings is 2. The van der Waals surface area contributed by atoms with Crippen LogP contribution in [0.2, 0.25) is 0 Å². The van der Waals surface area contributed by atoms with Crippen LogP contribution in [0.5, 0.6) is 17.2 Å². The van der Waals surface area contributed by atoms with Gasteiger partial charge in [0.05, 0.1) is 5.69 Å². The van der Waals surface area contributed by atoms with Crippen LogP contribution in [-0.2, 0) is 0 Å². The Morgan fingerprint density at radius 1 is 1.25 bits per heavy atom. The Morgan fingerprint density at radius 3 is 2.91 bits per heavy atom. The third kappa shape index (κ3) is 5.23. The molecule has 0 bridgehead atoms. The summed E-state index contributed by atoms with van der Waals surface area (Å²) in [5.74, 6) is 1.79. The number of aromatic amines is 1. The van der Waals surface area contributed by atoms with Gasteiger partial charge in [-0.25, -0.2) is 0 Å². The highest BCUT2D eigenvalue weighted by molar-refractivity contribution is 6.05. The van der Waals surface area contributed by atoms with Crippen molar-refractivity contribution in [2.45, 2.75) is 32.3 Å². The van der Waals surface area contributed by atoms with Crippen LogP contribution < -0.4 is 19.5 Å². The van der Waals surface area contributed by atoms with Crippen LogP contribution in [0, 0.1) is 0 Å². The number of nitrogens with one attached hydrogen (secondary N) is 2. The van der Waals surface area contributed by atoms with E-state index in [0.717, 1.165) is 6.42 Å². The number of carbonyl (C=O) groups excluding carboxylic acids is 1. The number of unbranched alkanes of at least 4 members (excludes halogenated alkanes) is 2. The molecule has 3 aromatic rings. The largest absolute Gasteiger partial charge is 0.490 e. The van der Waals surface area contributed by atoms with Gasteiger partial charge in [0.25, 0.3) is 5.91 Å². The van der Waals surface area contributed by atoms with Crippen LogP contribution in [0.4, 0.5) is 5.69 Å². The third-order valence-corrected chi connectivity index (χ3v) is 4.88. The lowest BCUT2D eigenvalue weighted by molar-refractivity contribution is 0.0856. The molecule has 2 aromatic carbocycles. The highest BCUT2D eigenvalue weighted by Crippen LogP contribution is 2.41. The molecule has 166 valence electrons. The van der Waals surface area contributed by atoms with E-state index in [2.05, 4.69) is 38.9 Å². The van der Waals surface area contributed by atoms with Gasteiger partial charge in [-0.05, 0) is 42.8 Å². The summed E-state index contributed by atoms with van der Waals surface area (Å²) in [6.45, 7) is 2.92. The number of rotatable bonds is 9. The number of hydrogen-bond donors (Lipinski definition) is 2. The van der Waals surface area contributed by atoms with Gasteiger partial charge in [-0.3, -0.25) is 4.79 Å². The molecule has 1 atom stereocenters. The van der Waals surface area contributed by atoms with Crippen LogP contribution in [-0.4, -0.2) is 39.7 Å². The minimum Gasteiger partial charge on any atom is -0.490 e. The van der Waals surface area contributed by atoms with E-state index in [9.17, 15) is 4.79 Å². The number of nitrogens with zero attached hydrogens (tertiary/aromatic N) is 3. The summed E-state index contributed by atoms with van der Waals surface area (Å²) in [7, 11) is 0. The predicted molar refractivity (Wildman–Crippen MR) is 118 cm³/mol. The maximum absolute atomic E-state index is 12.8. The van der Waals surface area contributed by atoms with E-state index >= 15 is 0 Å². The monoisotopic (exact) mass is 435 g/mol. The Bertz CT molecular complexity index is 1050. The topological polar surface area (TPSA) is 111 Å². The van der Waals surface area contributed by atoms with Gasteiger partial charge in [0.15, 0.2) is 17.6 Å². The van der Waals surface area contributed by atoms with E-state index in [0.29, 0.717) is 40.9 Å². The number of ether oxygens (including phenoxy) is 3. The molecule has 0 saturated carbocycles. The summed E-state index contributed by atoms with van der Waals surface area (Å²) in [5.41, 5.74) is 0.998. The molecule has 2 N–H and O–H groups in total. The van der Waals surface area contributed by atoms with E-state index in [1.807, 2.05) is 6.08 Å². The quantitative estimate of drug-likeness (QED) is 0.385. The standard InChI is InChI=1S/C23H25N5O4/c1-2-3-4-5-6-14-30-17-12-10-16(11-13-17)23(29)24-18-8-7-9-19-21(18)32-20(15-31-19)22-25-27-28-26-22/h5-13,20H,2-4,14-15H2,1H3,(H,24,29)(H,25,26,27,28). The molecule has 0 radical (unpaired) electrons. The fourth-order valence-corrected chi connectivity index (χ4v) is 3.17. The molecule has 9 heteroatoms. The number of carbonyl (C=O) groups is 1. The molecule has 1 aromatic heterocycles. The summed E-state index contributed by atoms with van der Waals surface area (Å²) < 4.78 is 17.4. The van der Waals surface area contributed by atoms with Gasteiger partial charge < -0.3 is 19.5 Å². The van der Waals surface area contributed by atoms with Crippen LogP contribution >= 0.6 is 0 Å². The second kappa shape index (κ2) is 10.4. The Hall–Kier alpha value is -3.88. The van der Waals surface area contributed by atoms with Gasteiger partial charge in [-0.1, -0.05) is 43.2 Å². The molecule has 2 heterocycles. The SMILES string of the molecule is CCCCC=CCOc1ccc(C(=O)Nc2cccc3c2OC(c2nn[nH]n2)CO3)cc1.